The second-order valence-corrected chi connectivity index (χ2v) is 9.07. The molecule has 2 aromatic carbocycles. The van der Waals surface area contributed by atoms with Crippen LogP contribution in [0.15, 0.2) is 68.1 Å². The van der Waals surface area contributed by atoms with E-state index < -0.39 is 44.8 Å². The van der Waals surface area contributed by atoms with Crippen molar-refractivity contribution in [2.45, 2.75) is 19.6 Å². The Morgan fingerprint density at radius 1 is 0.560 bits per heavy atom. The average molecular weight is 455 g/mol. The van der Waals surface area contributed by atoms with Crippen LogP contribution in [0.4, 0.5) is 0 Å². The minimum atomic E-state index is -4.83. The summed E-state index contributed by atoms with van der Waals surface area (Å²) >= 11 is 0. The van der Waals surface area contributed by atoms with Crippen molar-refractivity contribution in [3.05, 3.63) is 48.5 Å². The molecule has 0 atom stereocenters. The van der Waals surface area contributed by atoms with Gasteiger partial charge in [0.15, 0.2) is 0 Å². The Labute approximate surface area is 230 Å². The molecule has 0 amide bonds. The van der Waals surface area contributed by atoms with E-state index >= 15 is 0 Å². The number of benzene rings is 2. The van der Waals surface area contributed by atoms with Crippen LogP contribution in [0.3, 0.4) is 0 Å². The maximum atomic E-state index is 12.3. The predicted molar refractivity (Wildman–Crippen MR) is 74.3 cm³/mol. The van der Waals surface area contributed by atoms with E-state index in [-0.39, 0.29) is 108 Å². The van der Waals surface area contributed by atoms with Crippen molar-refractivity contribution in [3.8, 4) is 0 Å². The summed E-state index contributed by atoms with van der Waals surface area (Å²) < 4.78 is 90.0. The molecule has 0 aliphatic carbocycles. The Morgan fingerprint density at radius 3 is 1.40 bits per heavy atom. The molecule has 0 bridgehead atoms. The molecule has 0 spiro atoms. The first-order chi connectivity index (χ1) is 10.4. The zero-order valence-electron chi connectivity index (χ0n) is 13.1. The summed E-state index contributed by atoms with van der Waals surface area (Å²) in [6.45, 7) is 0. The van der Waals surface area contributed by atoms with Crippen molar-refractivity contribution in [1.29, 1.82) is 0 Å². The third-order valence-electron chi connectivity index (χ3n) is 2.83. The second kappa shape index (κ2) is 9.80. The van der Waals surface area contributed by atoms with Crippen LogP contribution >= 0.6 is 0 Å². The maximum Gasteiger partial charge on any atom is 1.00 e. The molecule has 0 aliphatic heterocycles. The molecule has 0 radical (unpaired) electrons. The number of hydrogen-bond acceptors (Lipinski definition) is 8. The van der Waals surface area contributed by atoms with Crippen molar-refractivity contribution in [1.82, 2.24) is 0 Å². The van der Waals surface area contributed by atoms with E-state index in [1.165, 1.54) is 0 Å². The number of sulfone groups is 1. The van der Waals surface area contributed by atoms with Crippen LogP contribution in [0.2, 0.25) is 0 Å². The summed E-state index contributed by atoms with van der Waals surface area (Å²) in [5.41, 5.74) is 0. The van der Waals surface area contributed by atoms with Gasteiger partial charge in [-0.25, -0.2) is 25.3 Å². The van der Waals surface area contributed by atoms with Gasteiger partial charge in [0, 0.05) is 0 Å². The standard InChI is InChI=1S/C12H10O8S3.2K/c13-21(14,9-4-6-10(7-5-9)22(15,16)17)11-2-1-3-12(8-11)23(18,19)20;;/h1-8H,(H,15,16,17)(H,18,19,20);;/q;2*+1/p-2. The average Bonchev–Trinajstić information content (AvgIpc) is 2.46. The molecule has 8 nitrogen and oxygen atoms in total. The summed E-state index contributed by atoms with van der Waals surface area (Å²) in [5, 5.41) is 0. The predicted octanol–water partition coefficient (Wildman–Crippen LogP) is -5.66. The van der Waals surface area contributed by atoms with Crippen LogP contribution in [-0.4, -0.2) is 34.4 Å². The summed E-state index contributed by atoms with van der Waals surface area (Å²) in [6, 6.07) is 7.28. The zero-order valence-corrected chi connectivity index (χ0v) is 21.8. The third-order valence-corrected chi connectivity index (χ3v) is 6.28. The molecule has 0 fully saturated rings. The fourth-order valence-corrected chi connectivity index (χ4v) is 4.09. The topological polar surface area (TPSA) is 149 Å². The summed E-state index contributed by atoms with van der Waals surface area (Å²) in [5.74, 6) is 0. The summed E-state index contributed by atoms with van der Waals surface area (Å²) in [6.07, 6.45) is 0. The summed E-state index contributed by atoms with van der Waals surface area (Å²) in [4.78, 5) is -2.12. The van der Waals surface area contributed by atoms with Gasteiger partial charge in [-0.1, -0.05) is 6.07 Å². The van der Waals surface area contributed by atoms with Gasteiger partial charge in [-0.2, -0.15) is 0 Å². The molecule has 0 saturated carbocycles. The third kappa shape index (κ3) is 6.79. The molecule has 0 unspecified atom stereocenters. The SMILES string of the molecule is O=S(=O)([O-])c1ccc(S(=O)(=O)c2cccc(S(=O)(=O)[O-])c2)cc1.[K+].[K+]. The quantitative estimate of drug-likeness (QED) is 0.328. The minimum absolute atomic E-state index is 0. The van der Waals surface area contributed by atoms with Gasteiger partial charge >= 0.3 is 103 Å². The van der Waals surface area contributed by atoms with E-state index in [1.807, 2.05) is 0 Å². The van der Waals surface area contributed by atoms with Crippen LogP contribution in [0.5, 0.6) is 0 Å². The molecule has 25 heavy (non-hydrogen) atoms. The number of hydrogen-bond donors (Lipinski definition) is 0. The molecule has 2 aromatic rings. The Kier molecular flexibility index (Phi) is 10.4. The molecule has 0 heterocycles. The van der Waals surface area contributed by atoms with E-state index in [0.717, 1.165) is 42.5 Å². The van der Waals surface area contributed by atoms with Gasteiger partial charge in [0.1, 0.15) is 20.2 Å². The van der Waals surface area contributed by atoms with Crippen LogP contribution in [0.1, 0.15) is 0 Å². The molecule has 0 saturated heterocycles. The molecule has 0 N–H and O–H groups in total. The van der Waals surface area contributed by atoms with E-state index in [2.05, 4.69) is 0 Å². The molecule has 0 aromatic heterocycles. The van der Waals surface area contributed by atoms with Crippen molar-refractivity contribution in [2.75, 3.05) is 0 Å². The van der Waals surface area contributed by atoms with Crippen LogP contribution in [-0.2, 0) is 30.1 Å². The molecular weight excluding hydrogens is 447 g/mol. The van der Waals surface area contributed by atoms with Gasteiger partial charge in [0.25, 0.3) is 0 Å². The van der Waals surface area contributed by atoms with Gasteiger partial charge < -0.3 is 9.11 Å². The Hall–Kier alpha value is 1.48. The molecule has 2 rings (SSSR count). The largest absolute Gasteiger partial charge is 1.00 e. The van der Waals surface area contributed by atoms with E-state index in [1.54, 1.807) is 0 Å². The second-order valence-electron chi connectivity index (χ2n) is 4.36. The number of rotatable bonds is 4. The maximum absolute atomic E-state index is 12.3. The van der Waals surface area contributed by atoms with Gasteiger partial charge in [0.2, 0.25) is 9.84 Å². The van der Waals surface area contributed by atoms with E-state index in [0.29, 0.717) is 6.07 Å². The normalized spacial score (nSPS) is 11.9. The van der Waals surface area contributed by atoms with Gasteiger partial charge in [0.05, 0.1) is 19.6 Å². The molecule has 124 valence electrons. The minimum Gasteiger partial charge on any atom is -0.744 e. The fourth-order valence-electron chi connectivity index (χ4n) is 1.72. The van der Waals surface area contributed by atoms with Gasteiger partial charge in [-0.05, 0) is 42.5 Å². The first-order valence-corrected chi connectivity index (χ1v) is 10.1. The first-order valence-electron chi connectivity index (χ1n) is 5.79. The Balaban J connectivity index is 0.00000288. The van der Waals surface area contributed by atoms with Gasteiger partial charge in [-0.3, -0.25) is 0 Å². The summed E-state index contributed by atoms with van der Waals surface area (Å²) in [7, 11) is -13.7. The smallest absolute Gasteiger partial charge is 0.744 e. The van der Waals surface area contributed by atoms with Crippen LogP contribution in [0, 0.1) is 0 Å². The van der Waals surface area contributed by atoms with Crippen LogP contribution < -0.4 is 103 Å². The molecular formula is C12H8K2O8S3. The van der Waals surface area contributed by atoms with Crippen molar-refractivity contribution in [2.24, 2.45) is 0 Å². The monoisotopic (exact) mass is 454 g/mol. The van der Waals surface area contributed by atoms with Crippen molar-refractivity contribution in [3.63, 3.8) is 0 Å². The first kappa shape index (κ1) is 26.5. The fraction of sp³-hybridized carbons (Fsp3) is 0. The molecule has 0 aliphatic rings. The Bertz CT molecular complexity index is 1060. The van der Waals surface area contributed by atoms with E-state index in [4.69, 9.17) is 0 Å². The zero-order chi connectivity index (χ0) is 17.5. The molecule has 13 heteroatoms. The Morgan fingerprint density at radius 2 is 0.960 bits per heavy atom. The van der Waals surface area contributed by atoms with Crippen molar-refractivity contribution < 1.29 is 137 Å². The van der Waals surface area contributed by atoms with E-state index in [9.17, 15) is 34.4 Å². The van der Waals surface area contributed by atoms with Crippen molar-refractivity contribution >= 4 is 30.1 Å². The van der Waals surface area contributed by atoms with Crippen LogP contribution in [0.25, 0.3) is 0 Å². The van der Waals surface area contributed by atoms with Gasteiger partial charge in [-0.15, -0.1) is 0 Å².